The lowest BCUT2D eigenvalue weighted by Crippen LogP contribution is -2.46. The summed E-state index contributed by atoms with van der Waals surface area (Å²) in [5, 5.41) is 18.2. The van der Waals surface area contributed by atoms with Crippen LogP contribution in [-0.4, -0.2) is 46.7 Å². The predicted octanol–water partition coefficient (Wildman–Crippen LogP) is 2.45. The van der Waals surface area contributed by atoms with Crippen LogP contribution in [-0.2, 0) is 9.59 Å². The minimum atomic E-state index is -0.981. The van der Waals surface area contributed by atoms with Crippen molar-refractivity contribution in [2.75, 3.05) is 19.6 Å². The fourth-order valence-corrected chi connectivity index (χ4v) is 2.88. The second-order valence-electron chi connectivity index (χ2n) is 5.75. The molecule has 0 aromatic carbocycles. The van der Waals surface area contributed by atoms with Crippen molar-refractivity contribution in [2.45, 2.75) is 51.9 Å². The highest BCUT2D eigenvalue weighted by Gasteiger charge is 2.38. The lowest BCUT2D eigenvalue weighted by Gasteiger charge is -2.34. The Kier molecular flexibility index (Phi) is 7.59. The van der Waals surface area contributed by atoms with Gasteiger partial charge in [-0.15, -0.1) is 0 Å². The van der Waals surface area contributed by atoms with Crippen LogP contribution in [0.25, 0.3) is 0 Å². The Bertz CT molecular complexity index is 319. The van der Waals surface area contributed by atoms with Crippen LogP contribution >= 0.6 is 0 Å². The summed E-state index contributed by atoms with van der Waals surface area (Å²) >= 11 is 0. The lowest BCUT2D eigenvalue weighted by atomic mass is 9.85. The second-order valence-corrected chi connectivity index (χ2v) is 5.75. The number of nitrogens with zero attached hydrogens (tertiary/aromatic N) is 1. The summed E-state index contributed by atoms with van der Waals surface area (Å²) in [6, 6.07) is 0. The van der Waals surface area contributed by atoms with Crippen molar-refractivity contribution in [3.05, 3.63) is 0 Å². The van der Waals surface area contributed by atoms with Crippen LogP contribution in [0.15, 0.2) is 0 Å². The molecule has 2 N–H and O–H groups in total. The minimum Gasteiger partial charge on any atom is -0.481 e. The molecule has 0 radical (unpaired) electrons. The normalized spacial score (nSPS) is 23.6. The number of carboxylic acids is 2. The number of carbonyl (C=O) groups is 2. The molecular formula is C15H27NO4. The molecule has 2 atom stereocenters. The Morgan fingerprint density at radius 3 is 2.20 bits per heavy atom. The number of aliphatic carboxylic acids is 2. The summed E-state index contributed by atoms with van der Waals surface area (Å²) in [7, 11) is 0. The van der Waals surface area contributed by atoms with Gasteiger partial charge in [-0.25, -0.2) is 0 Å². The maximum Gasteiger partial charge on any atom is 0.308 e. The predicted molar refractivity (Wildman–Crippen MR) is 76.7 cm³/mol. The van der Waals surface area contributed by atoms with E-state index in [0.717, 1.165) is 13.0 Å². The van der Waals surface area contributed by atoms with Gasteiger partial charge in [0, 0.05) is 6.54 Å². The zero-order valence-electron chi connectivity index (χ0n) is 12.4. The fourth-order valence-electron chi connectivity index (χ4n) is 2.88. The quantitative estimate of drug-likeness (QED) is 0.636. The van der Waals surface area contributed by atoms with E-state index >= 15 is 0 Å². The number of unbranched alkanes of at least 4 members (excludes halogenated alkanes) is 5. The first-order valence-corrected chi connectivity index (χ1v) is 7.74. The molecule has 1 aliphatic heterocycles. The van der Waals surface area contributed by atoms with Gasteiger partial charge in [-0.2, -0.15) is 0 Å². The van der Waals surface area contributed by atoms with E-state index in [1.807, 2.05) is 0 Å². The number of hydrogen-bond donors (Lipinski definition) is 2. The van der Waals surface area contributed by atoms with Gasteiger partial charge in [0.25, 0.3) is 0 Å². The molecule has 0 bridgehead atoms. The van der Waals surface area contributed by atoms with Gasteiger partial charge in [0.15, 0.2) is 0 Å². The fraction of sp³-hybridized carbons (Fsp3) is 0.867. The van der Waals surface area contributed by atoms with Crippen LogP contribution in [0, 0.1) is 11.8 Å². The van der Waals surface area contributed by atoms with E-state index < -0.39 is 23.8 Å². The zero-order valence-corrected chi connectivity index (χ0v) is 12.4. The third kappa shape index (κ3) is 5.49. The highest BCUT2D eigenvalue weighted by Crippen LogP contribution is 2.24. The van der Waals surface area contributed by atoms with Gasteiger partial charge in [0.05, 0.1) is 11.8 Å². The molecule has 0 amide bonds. The zero-order chi connectivity index (χ0) is 15.0. The summed E-state index contributed by atoms with van der Waals surface area (Å²) in [6.45, 7) is 4.16. The Balaban J connectivity index is 2.28. The van der Waals surface area contributed by atoms with Crippen molar-refractivity contribution >= 4 is 11.9 Å². The minimum absolute atomic E-state index is 0.376. The monoisotopic (exact) mass is 285 g/mol. The first-order valence-electron chi connectivity index (χ1n) is 7.74. The Morgan fingerprint density at radius 1 is 1.00 bits per heavy atom. The molecule has 0 saturated carbocycles. The number of piperidine rings is 1. The molecule has 2 unspecified atom stereocenters. The molecule has 1 saturated heterocycles. The van der Waals surface area contributed by atoms with Crippen molar-refractivity contribution in [1.82, 2.24) is 4.90 Å². The maximum atomic E-state index is 11.2. The third-order valence-electron chi connectivity index (χ3n) is 4.16. The molecule has 1 fully saturated rings. The van der Waals surface area contributed by atoms with Gasteiger partial charge in [0.2, 0.25) is 0 Å². The van der Waals surface area contributed by atoms with Gasteiger partial charge >= 0.3 is 11.9 Å². The van der Waals surface area contributed by atoms with Crippen molar-refractivity contribution < 1.29 is 19.8 Å². The van der Waals surface area contributed by atoms with Crippen LogP contribution in [0.5, 0.6) is 0 Å². The van der Waals surface area contributed by atoms with Crippen molar-refractivity contribution in [3.8, 4) is 0 Å². The SMILES string of the molecule is CCCCCCCCN1CCC(C(=O)O)C(C(=O)O)C1. The molecule has 20 heavy (non-hydrogen) atoms. The Labute approximate surface area is 121 Å². The molecule has 0 spiro atoms. The first kappa shape index (κ1) is 17.0. The average Bonchev–Trinajstić information content (AvgIpc) is 2.42. The summed E-state index contributed by atoms with van der Waals surface area (Å²) in [4.78, 5) is 24.3. The van der Waals surface area contributed by atoms with Crippen LogP contribution in [0.3, 0.4) is 0 Å². The van der Waals surface area contributed by atoms with E-state index in [1.165, 1.54) is 32.1 Å². The molecule has 0 aliphatic carbocycles. The number of rotatable bonds is 9. The molecule has 5 nitrogen and oxygen atoms in total. The van der Waals surface area contributed by atoms with Crippen LogP contribution in [0.2, 0.25) is 0 Å². The maximum absolute atomic E-state index is 11.2. The summed E-state index contributed by atoms with van der Waals surface area (Å²) in [5.41, 5.74) is 0. The highest BCUT2D eigenvalue weighted by molar-refractivity contribution is 5.80. The van der Waals surface area contributed by atoms with Gasteiger partial charge in [-0.1, -0.05) is 39.0 Å². The Hall–Kier alpha value is -1.10. The van der Waals surface area contributed by atoms with E-state index in [1.54, 1.807) is 0 Å². The number of likely N-dealkylation sites (tertiary alicyclic amines) is 1. The Morgan fingerprint density at radius 2 is 1.60 bits per heavy atom. The topological polar surface area (TPSA) is 77.8 Å². The van der Waals surface area contributed by atoms with Crippen molar-refractivity contribution in [2.24, 2.45) is 11.8 Å². The number of hydrogen-bond acceptors (Lipinski definition) is 3. The molecular weight excluding hydrogens is 258 g/mol. The van der Waals surface area contributed by atoms with E-state index in [-0.39, 0.29) is 0 Å². The van der Waals surface area contributed by atoms with Crippen LogP contribution in [0.4, 0.5) is 0 Å². The molecule has 0 aromatic heterocycles. The summed E-state index contributed by atoms with van der Waals surface area (Å²) in [5.74, 6) is -3.45. The summed E-state index contributed by atoms with van der Waals surface area (Å²) < 4.78 is 0. The lowest BCUT2D eigenvalue weighted by molar-refractivity contribution is -0.157. The highest BCUT2D eigenvalue weighted by atomic mass is 16.4. The molecule has 0 aromatic rings. The third-order valence-corrected chi connectivity index (χ3v) is 4.16. The van der Waals surface area contributed by atoms with Crippen molar-refractivity contribution in [3.63, 3.8) is 0 Å². The van der Waals surface area contributed by atoms with E-state index in [4.69, 9.17) is 10.2 Å². The van der Waals surface area contributed by atoms with Gasteiger partial charge < -0.3 is 15.1 Å². The number of carboxylic acid groups (broad SMARTS) is 2. The molecule has 1 heterocycles. The van der Waals surface area contributed by atoms with E-state index in [2.05, 4.69) is 11.8 Å². The van der Waals surface area contributed by atoms with Crippen molar-refractivity contribution in [1.29, 1.82) is 0 Å². The van der Waals surface area contributed by atoms with E-state index in [0.29, 0.717) is 19.5 Å². The van der Waals surface area contributed by atoms with Crippen LogP contribution < -0.4 is 0 Å². The summed E-state index contributed by atoms with van der Waals surface area (Å²) in [6.07, 6.45) is 7.73. The van der Waals surface area contributed by atoms with E-state index in [9.17, 15) is 9.59 Å². The molecule has 1 aliphatic rings. The van der Waals surface area contributed by atoms with Gasteiger partial charge in [-0.3, -0.25) is 9.59 Å². The smallest absolute Gasteiger partial charge is 0.308 e. The standard InChI is InChI=1S/C15H27NO4/c1-2-3-4-5-6-7-9-16-10-8-12(14(17)18)13(11-16)15(19)20/h12-13H,2-11H2,1H3,(H,17,18)(H,19,20). The van der Waals surface area contributed by atoms with Gasteiger partial charge in [-0.05, 0) is 25.9 Å². The second kappa shape index (κ2) is 8.95. The molecule has 116 valence electrons. The largest absolute Gasteiger partial charge is 0.481 e. The molecule has 1 rings (SSSR count). The van der Waals surface area contributed by atoms with Crippen LogP contribution in [0.1, 0.15) is 51.9 Å². The molecule has 5 heteroatoms. The first-order chi connectivity index (χ1) is 9.56. The average molecular weight is 285 g/mol. The van der Waals surface area contributed by atoms with Gasteiger partial charge in [0.1, 0.15) is 0 Å².